The third kappa shape index (κ3) is 2.97. The van der Waals surface area contributed by atoms with Gasteiger partial charge in [-0.3, -0.25) is 4.79 Å². The van der Waals surface area contributed by atoms with Gasteiger partial charge < -0.3 is 15.3 Å². The van der Waals surface area contributed by atoms with Crippen molar-refractivity contribution >= 4 is 33.9 Å². The lowest BCUT2D eigenvalue weighted by Gasteiger charge is -2.13. The number of nitrogens with one attached hydrogen (secondary N) is 1. The first-order valence-corrected chi connectivity index (χ1v) is 6.76. The fraction of sp³-hybridized carbons (Fsp3) is 0.143. The summed E-state index contributed by atoms with van der Waals surface area (Å²) in [6.45, 7) is 0. The molecule has 2 N–H and O–H groups in total. The molecule has 1 heterocycles. The van der Waals surface area contributed by atoms with Gasteiger partial charge in [-0.05, 0) is 29.6 Å². The number of amides is 1. The number of aromatic carboxylic acids is 1. The molecule has 0 aliphatic heterocycles. The van der Waals surface area contributed by atoms with Crippen molar-refractivity contribution in [1.82, 2.24) is 0 Å². The second kappa shape index (κ2) is 5.75. The molecule has 2 aromatic rings. The number of carbonyl (C=O) groups is 2. The highest BCUT2D eigenvalue weighted by atomic mass is 32.1. The van der Waals surface area contributed by atoms with Crippen LogP contribution in [0.25, 0.3) is 0 Å². The molecule has 5 nitrogen and oxygen atoms in total. The Morgan fingerprint density at radius 3 is 2.65 bits per heavy atom. The summed E-state index contributed by atoms with van der Waals surface area (Å²) < 4.78 is 0. The number of carbonyl (C=O) groups excluding carboxylic acids is 1. The SMILES string of the molecule is CN(C)c1cccc(C(=O)Nc2sccc2C(=O)O)c1. The van der Waals surface area contributed by atoms with Crippen LogP contribution in [-0.2, 0) is 0 Å². The molecule has 0 bridgehead atoms. The Morgan fingerprint density at radius 2 is 2.00 bits per heavy atom. The molecule has 1 amide bonds. The summed E-state index contributed by atoms with van der Waals surface area (Å²) in [5.41, 5.74) is 1.50. The molecule has 0 radical (unpaired) electrons. The maximum absolute atomic E-state index is 12.1. The van der Waals surface area contributed by atoms with Crippen LogP contribution >= 0.6 is 11.3 Å². The van der Waals surface area contributed by atoms with Crippen molar-refractivity contribution in [2.75, 3.05) is 24.3 Å². The highest BCUT2D eigenvalue weighted by Gasteiger charge is 2.15. The summed E-state index contributed by atoms with van der Waals surface area (Å²) in [6, 6.07) is 8.60. The normalized spacial score (nSPS) is 10.1. The molecule has 6 heteroatoms. The minimum Gasteiger partial charge on any atom is -0.478 e. The van der Waals surface area contributed by atoms with Crippen LogP contribution in [0.2, 0.25) is 0 Å². The first-order valence-electron chi connectivity index (χ1n) is 5.88. The van der Waals surface area contributed by atoms with E-state index in [0.29, 0.717) is 10.6 Å². The molecule has 0 aliphatic rings. The monoisotopic (exact) mass is 290 g/mol. The van der Waals surface area contributed by atoms with Crippen LogP contribution in [-0.4, -0.2) is 31.1 Å². The molecule has 0 aliphatic carbocycles. The van der Waals surface area contributed by atoms with E-state index < -0.39 is 5.97 Å². The van der Waals surface area contributed by atoms with Gasteiger partial charge in [-0.1, -0.05) is 6.07 Å². The lowest BCUT2D eigenvalue weighted by molar-refractivity contribution is 0.0698. The predicted octanol–water partition coefficient (Wildman–Crippen LogP) is 2.76. The predicted molar refractivity (Wildman–Crippen MR) is 80.0 cm³/mol. The van der Waals surface area contributed by atoms with Gasteiger partial charge in [0, 0.05) is 25.3 Å². The fourth-order valence-corrected chi connectivity index (χ4v) is 2.45. The van der Waals surface area contributed by atoms with Crippen LogP contribution < -0.4 is 10.2 Å². The van der Waals surface area contributed by atoms with Gasteiger partial charge in [0.1, 0.15) is 5.00 Å². The molecule has 1 aromatic carbocycles. The molecular formula is C14H14N2O3S. The highest BCUT2D eigenvalue weighted by molar-refractivity contribution is 7.14. The van der Waals surface area contributed by atoms with Gasteiger partial charge >= 0.3 is 5.97 Å². The molecule has 0 atom stereocenters. The first kappa shape index (κ1) is 14.1. The number of hydrogen-bond donors (Lipinski definition) is 2. The van der Waals surface area contributed by atoms with Crippen LogP contribution in [0, 0.1) is 0 Å². The lowest BCUT2D eigenvalue weighted by Crippen LogP contribution is -2.15. The molecular weight excluding hydrogens is 276 g/mol. The smallest absolute Gasteiger partial charge is 0.338 e. The minimum absolute atomic E-state index is 0.104. The first-order chi connectivity index (χ1) is 9.49. The third-order valence-electron chi connectivity index (χ3n) is 2.75. The van der Waals surface area contributed by atoms with Gasteiger partial charge in [-0.25, -0.2) is 4.79 Å². The molecule has 0 spiro atoms. The minimum atomic E-state index is -1.05. The number of thiophene rings is 1. The fourth-order valence-electron chi connectivity index (χ4n) is 1.68. The van der Waals surface area contributed by atoms with Crippen LogP contribution in [0.5, 0.6) is 0 Å². The summed E-state index contributed by atoms with van der Waals surface area (Å²) in [7, 11) is 3.78. The third-order valence-corrected chi connectivity index (χ3v) is 3.58. The number of hydrogen-bond acceptors (Lipinski definition) is 4. The van der Waals surface area contributed by atoms with E-state index in [-0.39, 0.29) is 11.5 Å². The van der Waals surface area contributed by atoms with Gasteiger partial charge in [0.05, 0.1) is 5.56 Å². The van der Waals surface area contributed by atoms with E-state index in [4.69, 9.17) is 5.11 Å². The lowest BCUT2D eigenvalue weighted by atomic mass is 10.2. The maximum atomic E-state index is 12.1. The molecule has 104 valence electrons. The molecule has 0 saturated heterocycles. The number of nitrogens with zero attached hydrogens (tertiary/aromatic N) is 1. The van der Waals surface area contributed by atoms with E-state index in [9.17, 15) is 9.59 Å². The van der Waals surface area contributed by atoms with Crippen molar-refractivity contribution in [2.24, 2.45) is 0 Å². The van der Waals surface area contributed by atoms with Gasteiger partial charge in [-0.15, -0.1) is 11.3 Å². The van der Waals surface area contributed by atoms with Crippen LogP contribution in [0.1, 0.15) is 20.7 Å². The number of anilines is 2. The van der Waals surface area contributed by atoms with Crippen molar-refractivity contribution in [2.45, 2.75) is 0 Å². The average molecular weight is 290 g/mol. The number of benzene rings is 1. The second-order valence-corrected chi connectivity index (χ2v) is 5.28. The van der Waals surface area contributed by atoms with Crippen molar-refractivity contribution in [3.63, 3.8) is 0 Å². The number of carboxylic acid groups (broad SMARTS) is 1. The van der Waals surface area contributed by atoms with E-state index in [1.54, 1.807) is 23.6 Å². The van der Waals surface area contributed by atoms with Crippen molar-refractivity contribution in [3.8, 4) is 0 Å². The highest BCUT2D eigenvalue weighted by Crippen LogP contribution is 2.24. The second-order valence-electron chi connectivity index (χ2n) is 4.37. The molecule has 2 rings (SSSR count). The average Bonchev–Trinajstić information content (AvgIpc) is 2.87. The molecule has 0 unspecified atom stereocenters. The van der Waals surface area contributed by atoms with Crippen molar-refractivity contribution in [1.29, 1.82) is 0 Å². The molecule has 0 fully saturated rings. The Balaban J connectivity index is 2.22. The largest absolute Gasteiger partial charge is 0.478 e. The standard InChI is InChI=1S/C14H14N2O3S/c1-16(2)10-5-3-4-9(8-10)12(17)15-13-11(14(18)19)6-7-20-13/h3-8H,1-2H3,(H,15,17)(H,18,19). The van der Waals surface area contributed by atoms with Crippen molar-refractivity contribution < 1.29 is 14.7 Å². The summed E-state index contributed by atoms with van der Waals surface area (Å²) >= 11 is 1.19. The zero-order chi connectivity index (χ0) is 14.7. The molecule has 20 heavy (non-hydrogen) atoms. The van der Waals surface area contributed by atoms with E-state index in [1.165, 1.54) is 17.4 Å². The Labute approximate surface area is 120 Å². The summed E-state index contributed by atoms with van der Waals surface area (Å²) in [5, 5.41) is 13.6. The number of rotatable bonds is 4. The van der Waals surface area contributed by atoms with E-state index in [1.807, 2.05) is 25.1 Å². The van der Waals surface area contributed by atoms with Gasteiger partial charge in [-0.2, -0.15) is 0 Å². The van der Waals surface area contributed by atoms with E-state index >= 15 is 0 Å². The maximum Gasteiger partial charge on any atom is 0.338 e. The van der Waals surface area contributed by atoms with E-state index in [0.717, 1.165) is 5.69 Å². The molecule has 0 saturated carbocycles. The quantitative estimate of drug-likeness (QED) is 0.908. The molecule has 1 aromatic heterocycles. The van der Waals surface area contributed by atoms with Crippen LogP contribution in [0.4, 0.5) is 10.7 Å². The van der Waals surface area contributed by atoms with E-state index in [2.05, 4.69) is 5.32 Å². The zero-order valence-corrected chi connectivity index (χ0v) is 11.9. The Morgan fingerprint density at radius 1 is 1.25 bits per heavy atom. The van der Waals surface area contributed by atoms with Crippen LogP contribution in [0.3, 0.4) is 0 Å². The van der Waals surface area contributed by atoms with Crippen molar-refractivity contribution in [3.05, 3.63) is 46.8 Å². The Hall–Kier alpha value is -2.34. The van der Waals surface area contributed by atoms with Gasteiger partial charge in [0.15, 0.2) is 0 Å². The summed E-state index contributed by atoms with van der Waals surface area (Å²) in [6.07, 6.45) is 0. The van der Waals surface area contributed by atoms with Crippen LogP contribution in [0.15, 0.2) is 35.7 Å². The Bertz CT molecular complexity index is 649. The summed E-state index contributed by atoms with van der Waals surface area (Å²) in [5.74, 6) is -1.37. The zero-order valence-electron chi connectivity index (χ0n) is 11.1. The van der Waals surface area contributed by atoms with Gasteiger partial charge in [0.25, 0.3) is 5.91 Å². The summed E-state index contributed by atoms with van der Waals surface area (Å²) in [4.78, 5) is 25.0. The Kier molecular flexibility index (Phi) is 4.05. The topological polar surface area (TPSA) is 69.6 Å². The number of carboxylic acids is 1. The van der Waals surface area contributed by atoms with Gasteiger partial charge in [0.2, 0.25) is 0 Å².